The molecule has 192 valence electrons. The van der Waals surface area contributed by atoms with Crippen LogP contribution in [0.4, 0.5) is 0 Å². The quantitative estimate of drug-likeness (QED) is 0.256. The molecule has 0 bridgehead atoms. The van der Waals surface area contributed by atoms with Gasteiger partial charge in [-0.3, -0.25) is 9.59 Å². The first-order valence-corrected chi connectivity index (χ1v) is 13.1. The average Bonchev–Trinajstić information content (AvgIpc) is 3.25. The number of rotatable bonds is 12. The summed E-state index contributed by atoms with van der Waals surface area (Å²) in [6.45, 7) is 1.48. The zero-order valence-corrected chi connectivity index (χ0v) is 22.0. The van der Waals surface area contributed by atoms with Gasteiger partial charge in [-0.1, -0.05) is 72.6 Å². The Balaban J connectivity index is 1.27. The number of imidazole rings is 1. The van der Waals surface area contributed by atoms with E-state index in [4.69, 9.17) is 16.6 Å². The van der Waals surface area contributed by atoms with Crippen LogP contribution in [-0.2, 0) is 35.5 Å². The molecule has 0 aliphatic rings. The summed E-state index contributed by atoms with van der Waals surface area (Å²) in [5.41, 5.74) is 3.94. The van der Waals surface area contributed by atoms with Gasteiger partial charge in [-0.25, -0.2) is 4.98 Å². The Kier molecular flexibility index (Phi) is 9.33. The number of amides is 2. The number of aryl methyl sites for hydroxylation is 1. The van der Waals surface area contributed by atoms with Crippen LogP contribution in [0.5, 0.6) is 0 Å². The summed E-state index contributed by atoms with van der Waals surface area (Å²) in [6, 6.07) is 25.3. The Hall–Kier alpha value is -3.64. The molecule has 1 N–H and O–H groups in total. The molecule has 37 heavy (non-hydrogen) atoms. The fourth-order valence-electron chi connectivity index (χ4n) is 4.36. The lowest BCUT2D eigenvalue weighted by molar-refractivity contribution is -0.131. The van der Waals surface area contributed by atoms with Crippen molar-refractivity contribution in [3.63, 3.8) is 0 Å². The van der Waals surface area contributed by atoms with Crippen LogP contribution in [-0.4, -0.2) is 39.9 Å². The number of nitrogens with zero attached hydrogens (tertiary/aromatic N) is 3. The Morgan fingerprint density at radius 2 is 1.62 bits per heavy atom. The number of carbonyl (C=O) groups excluding carboxylic acids is 2. The second kappa shape index (κ2) is 13.1. The summed E-state index contributed by atoms with van der Waals surface area (Å²) in [4.78, 5) is 31.8. The van der Waals surface area contributed by atoms with Gasteiger partial charge < -0.3 is 14.8 Å². The molecule has 2 amide bonds. The molecule has 0 spiro atoms. The van der Waals surface area contributed by atoms with Gasteiger partial charge >= 0.3 is 0 Å². The summed E-state index contributed by atoms with van der Waals surface area (Å²) in [7, 11) is 1.84. The highest BCUT2D eigenvalue weighted by Crippen LogP contribution is 2.18. The number of fused-ring (bicyclic) bond motifs is 1. The number of hydrogen-bond donors (Lipinski definition) is 1. The van der Waals surface area contributed by atoms with Crippen LogP contribution in [0.15, 0.2) is 78.9 Å². The average molecular weight is 517 g/mol. The minimum absolute atomic E-state index is 0.0160. The van der Waals surface area contributed by atoms with E-state index in [1.807, 2.05) is 78.3 Å². The summed E-state index contributed by atoms with van der Waals surface area (Å²) >= 11 is 5.90. The first-order chi connectivity index (χ1) is 18.0. The number of halogens is 1. The Morgan fingerprint density at radius 3 is 2.41 bits per heavy atom. The third-order valence-electron chi connectivity index (χ3n) is 6.39. The summed E-state index contributed by atoms with van der Waals surface area (Å²) in [5.74, 6) is 0.994. The molecule has 7 heteroatoms. The van der Waals surface area contributed by atoms with Gasteiger partial charge in [-0.15, -0.1) is 0 Å². The predicted octanol–water partition coefficient (Wildman–Crippen LogP) is 5.42. The molecule has 3 aromatic carbocycles. The largest absolute Gasteiger partial charge is 0.356 e. The minimum atomic E-state index is 0.0160. The lowest BCUT2D eigenvalue weighted by Gasteiger charge is -2.19. The monoisotopic (exact) mass is 516 g/mol. The van der Waals surface area contributed by atoms with Gasteiger partial charge in [0.1, 0.15) is 12.4 Å². The van der Waals surface area contributed by atoms with Crippen molar-refractivity contribution in [2.75, 3.05) is 13.6 Å². The van der Waals surface area contributed by atoms with Crippen LogP contribution in [0.3, 0.4) is 0 Å². The standard InChI is InChI=1S/C30H33ClN4O2/c1-34(21-24-10-4-2-5-11-24)30(37)22-35-27-13-8-7-12-26(27)33-28(35)14-6-3-9-19-32-29(36)20-23-15-17-25(31)18-16-23/h2,4-5,7-8,10-13,15-18H,3,6,9,14,19-22H2,1H3,(H,32,36). The maximum Gasteiger partial charge on any atom is 0.242 e. The van der Waals surface area contributed by atoms with Crippen LogP contribution in [0.25, 0.3) is 11.0 Å². The molecule has 0 saturated carbocycles. The SMILES string of the molecule is CN(Cc1ccccc1)C(=O)Cn1c(CCCCCNC(=O)Cc2ccc(Cl)cc2)nc2ccccc21. The molecule has 0 atom stereocenters. The van der Waals surface area contributed by atoms with E-state index in [0.717, 1.165) is 53.7 Å². The van der Waals surface area contributed by atoms with E-state index in [2.05, 4.69) is 5.32 Å². The molecule has 4 rings (SSSR count). The van der Waals surface area contributed by atoms with Crippen LogP contribution in [0, 0.1) is 0 Å². The highest BCUT2D eigenvalue weighted by Gasteiger charge is 2.16. The number of aromatic nitrogens is 2. The van der Waals surface area contributed by atoms with Crippen molar-refractivity contribution in [1.29, 1.82) is 0 Å². The zero-order chi connectivity index (χ0) is 26.0. The lowest BCUT2D eigenvalue weighted by atomic mass is 10.1. The molecular weight excluding hydrogens is 484 g/mol. The molecule has 0 radical (unpaired) electrons. The topological polar surface area (TPSA) is 67.2 Å². The van der Waals surface area contributed by atoms with E-state index in [1.54, 1.807) is 17.0 Å². The van der Waals surface area contributed by atoms with Crippen molar-refractivity contribution >= 4 is 34.4 Å². The normalized spacial score (nSPS) is 11.0. The van der Waals surface area contributed by atoms with Crippen LogP contribution >= 0.6 is 11.6 Å². The zero-order valence-electron chi connectivity index (χ0n) is 21.2. The number of unbranched alkanes of at least 4 members (excludes halogenated alkanes) is 2. The Labute approximate surface area is 223 Å². The van der Waals surface area contributed by atoms with Gasteiger partial charge in [-0.05, 0) is 48.2 Å². The Bertz CT molecular complexity index is 1320. The number of nitrogens with one attached hydrogen (secondary N) is 1. The maximum atomic E-state index is 13.1. The third-order valence-corrected chi connectivity index (χ3v) is 6.64. The lowest BCUT2D eigenvalue weighted by Crippen LogP contribution is -2.30. The molecule has 0 fully saturated rings. The molecule has 1 aromatic heterocycles. The van der Waals surface area contributed by atoms with Gasteiger partial charge in [0, 0.05) is 31.6 Å². The molecule has 1 heterocycles. The first-order valence-electron chi connectivity index (χ1n) is 12.7. The molecule has 6 nitrogen and oxygen atoms in total. The highest BCUT2D eigenvalue weighted by atomic mass is 35.5. The second-order valence-electron chi connectivity index (χ2n) is 9.30. The number of benzene rings is 3. The number of hydrogen-bond acceptors (Lipinski definition) is 3. The number of carbonyl (C=O) groups is 2. The fraction of sp³-hybridized carbons (Fsp3) is 0.300. The predicted molar refractivity (Wildman–Crippen MR) is 148 cm³/mol. The minimum Gasteiger partial charge on any atom is -0.356 e. The molecule has 4 aromatic rings. The third kappa shape index (κ3) is 7.67. The van der Waals surface area contributed by atoms with Crippen molar-refractivity contribution in [3.05, 3.63) is 101 Å². The van der Waals surface area contributed by atoms with Crippen molar-refractivity contribution in [2.24, 2.45) is 0 Å². The highest BCUT2D eigenvalue weighted by molar-refractivity contribution is 6.30. The van der Waals surface area contributed by atoms with Crippen LogP contribution < -0.4 is 5.32 Å². The van der Waals surface area contributed by atoms with Gasteiger partial charge in [0.05, 0.1) is 17.5 Å². The summed E-state index contributed by atoms with van der Waals surface area (Å²) in [5, 5.41) is 3.66. The smallest absolute Gasteiger partial charge is 0.242 e. The van der Waals surface area contributed by atoms with E-state index in [0.29, 0.717) is 24.5 Å². The van der Waals surface area contributed by atoms with Gasteiger partial charge in [0.2, 0.25) is 11.8 Å². The number of likely N-dealkylation sites (N-methyl/N-ethyl adjacent to an activating group) is 1. The maximum absolute atomic E-state index is 13.1. The van der Waals surface area contributed by atoms with Gasteiger partial charge in [-0.2, -0.15) is 0 Å². The fourth-order valence-corrected chi connectivity index (χ4v) is 4.48. The van der Waals surface area contributed by atoms with Crippen LogP contribution in [0.1, 0.15) is 36.2 Å². The van der Waals surface area contributed by atoms with Crippen molar-refractivity contribution < 1.29 is 9.59 Å². The molecule has 0 aliphatic carbocycles. The van der Waals surface area contributed by atoms with E-state index in [1.165, 1.54) is 0 Å². The molecular formula is C30H33ClN4O2. The van der Waals surface area contributed by atoms with Gasteiger partial charge in [0.25, 0.3) is 0 Å². The molecule has 0 aliphatic heterocycles. The number of para-hydroxylation sites is 2. The molecule has 0 unspecified atom stereocenters. The summed E-state index contributed by atoms with van der Waals surface area (Å²) < 4.78 is 2.05. The van der Waals surface area contributed by atoms with E-state index < -0.39 is 0 Å². The van der Waals surface area contributed by atoms with E-state index >= 15 is 0 Å². The van der Waals surface area contributed by atoms with Crippen molar-refractivity contribution in [2.45, 2.75) is 45.2 Å². The van der Waals surface area contributed by atoms with E-state index in [-0.39, 0.29) is 18.4 Å². The van der Waals surface area contributed by atoms with Crippen LogP contribution in [0.2, 0.25) is 5.02 Å². The first kappa shape index (κ1) is 26.4. The van der Waals surface area contributed by atoms with E-state index in [9.17, 15) is 9.59 Å². The van der Waals surface area contributed by atoms with Gasteiger partial charge in [0.15, 0.2) is 0 Å². The Morgan fingerprint density at radius 1 is 0.892 bits per heavy atom. The van der Waals surface area contributed by atoms with Crippen molar-refractivity contribution in [3.8, 4) is 0 Å². The van der Waals surface area contributed by atoms with Crippen molar-refractivity contribution in [1.82, 2.24) is 19.8 Å². The summed E-state index contributed by atoms with van der Waals surface area (Å²) in [6.07, 6.45) is 3.93. The molecule has 0 saturated heterocycles. The second-order valence-corrected chi connectivity index (χ2v) is 9.74.